The summed E-state index contributed by atoms with van der Waals surface area (Å²) >= 11 is 5.90. The molecule has 90 valence electrons. The van der Waals surface area contributed by atoms with Gasteiger partial charge in [0, 0.05) is 18.3 Å². The molecule has 4 nitrogen and oxygen atoms in total. The normalized spacial score (nSPS) is 33.1. The number of nitrogens with zero attached hydrogens (tertiary/aromatic N) is 3. The van der Waals surface area contributed by atoms with E-state index in [2.05, 4.69) is 35.9 Å². The van der Waals surface area contributed by atoms with Gasteiger partial charge in [0.15, 0.2) is 0 Å². The highest BCUT2D eigenvalue weighted by Crippen LogP contribution is 2.50. The molecule has 0 unspecified atom stereocenters. The van der Waals surface area contributed by atoms with E-state index < -0.39 is 0 Å². The highest BCUT2D eigenvalue weighted by Gasteiger charge is 2.51. The van der Waals surface area contributed by atoms with Crippen LogP contribution in [0.3, 0.4) is 0 Å². The van der Waals surface area contributed by atoms with Crippen molar-refractivity contribution in [2.75, 3.05) is 0 Å². The molecule has 1 heterocycles. The van der Waals surface area contributed by atoms with E-state index in [4.69, 9.17) is 11.8 Å². The fourth-order valence-electron chi connectivity index (χ4n) is 2.64. The molecule has 0 radical (unpaired) electrons. The molecule has 1 N–H and O–H groups in total. The molecule has 2 atom stereocenters. The SMILES string of the molecule is CC1(C)[C@@H](Cn2ccnn2)CC[C@@]1(C)NCl. The maximum atomic E-state index is 5.90. The van der Waals surface area contributed by atoms with E-state index in [1.54, 1.807) is 6.20 Å². The first-order valence-corrected chi connectivity index (χ1v) is 6.09. The van der Waals surface area contributed by atoms with Crippen LogP contribution in [0.4, 0.5) is 0 Å². The molecule has 1 aliphatic carbocycles. The minimum absolute atomic E-state index is 0.000195. The minimum Gasteiger partial charge on any atom is -0.252 e. The molecule has 0 amide bonds. The Bertz CT molecular complexity index is 349. The quantitative estimate of drug-likeness (QED) is 0.827. The van der Waals surface area contributed by atoms with Crippen LogP contribution in [0.1, 0.15) is 33.6 Å². The summed E-state index contributed by atoms with van der Waals surface area (Å²) in [5, 5.41) is 7.87. The fourth-order valence-corrected chi connectivity index (χ4v) is 2.98. The van der Waals surface area contributed by atoms with Crippen molar-refractivity contribution in [3.05, 3.63) is 12.4 Å². The smallest absolute Gasteiger partial charge is 0.0692 e. The van der Waals surface area contributed by atoms with Gasteiger partial charge in [-0.25, -0.2) is 4.84 Å². The third-order valence-electron chi connectivity index (χ3n) is 4.52. The lowest BCUT2D eigenvalue weighted by molar-refractivity contribution is 0.135. The van der Waals surface area contributed by atoms with E-state index in [1.165, 1.54) is 6.42 Å². The molecule has 0 spiro atoms. The van der Waals surface area contributed by atoms with E-state index in [0.717, 1.165) is 13.0 Å². The number of halogens is 1. The Morgan fingerprint density at radius 2 is 2.25 bits per heavy atom. The highest BCUT2D eigenvalue weighted by molar-refractivity contribution is 6.14. The maximum Gasteiger partial charge on any atom is 0.0692 e. The van der Waals surface area contributed by atoms with Gasteiger partial charge < -0.3 is 0 Å². The van der Waals surface area contributed by atoms with Gasteiger partial charge in [-0.05, 0) is 42.9 Å². The molecule has 0 bridgehead atoms. The summed E-state index contributed by atoms with van der Waals surface area (Å²) in [4.78, 5) is 2.97. The average molecular weight is 243 g/mol. The van der Waals surface area contributed by atoms with Crippen LogP contribution in [-0.2, 0) is 6.54 Å². The van der Waals surface area contributed by atoms with Crippen molar-refractivity contribution < 1.29 is 0 Å². The summed E-state index contributed by atoms with van der Waals surface area (Å²) in [5.74, 6) is 0.574. The number of aromatic nitrogens is 3. The molecule has 1 aromatic heterocycles. The Balaban J connectivity index is 2.13. The first-order valence-electron chi connectivity index (χ1n) is 5.71. The van der Waals surface area contributed by atoms with Gasteiger partial charge in [-0.3, -0.25) is 4.68 Å². The summed E-state index contributed by atoms with van der Waals surface area (Å²) in [7, 11) is 0. The molecule has 1 aromatic rings. The second kappa shape index (κ2) is 4.00. The maximum absolute atomic E-state index is 5.90. The van der Waals surface area contributed by atoms with E-state index in [-0.39, 0.29) is 11.0 Å². The van der Waals surface area contributed by atoms with Gasteiger partial charge in [0.1, 0.15) is 0 Å². The Kier molecular flexibility index (Phi) is 2.97. The summed E-state index contributed by atoms with van der Waals surface area (Å²) in [6.45, 7) is 7.66. The molecule has 1 saturated carbocycles. The highest BCUT2D eigenvalue weighted by atomic mass is 35.5. The second-order valence-corrected chi connectivity index (χ2v) is 5.70. The van der Waals surface area contributed by atoms with E-state index in [9.17, 15) is 0 Å². The predicted molar refractivity (Wildman–Crippen MR) is 63.9 cm³/mol. The second-order valence-electron chi connectivity index (χ2n) is 5.51. The molecule has 5 heteroatoms. The molecular formula is C11H19ClN4. The lowest BCUT2D eigenvalue weighted by Crippen LogP contribution is -2.48. The van der Waals surface area contributed by atoms with Gasteiger partial charge in [-0.2, -0.15) is 0 Å². The molecule has 0 aliphatic heterocycles. The van der Waals surface area contributed by atoms with Crippen molar-refractivity contribution in [2.45, 2.75) is 45.7 Å². The molecule has 1 aliphatic rings. The van der Waals surface area contributed by atoms with Crippen LogP contribution >= 0.6 is 11.8 Å². The summed E-state index contributed by atoms with van der Waals surface area (Å²) < 4.78 is 1.91. The zero-order valence-electron chi connectivity index (χ0n) is 10.1. The monoisotopic (exact) mass is 242 g/mol. The summed E-state index contributed by atoms with van der Waals surface area (Å²) in [5.41, 5.74) is 0.153. The third-order valence-corrected chi connectivity index (χ3v) is 4.94. The first-order chi connectivity index (χ1) is 7.49. The molecule has 16 heavy (non-hydrogen) atoms. The molecule has 2 rings (SSSR count). The zero-order chi connectivity index (χ0) is 11.8. The van der Waals surface area contributed by atoms with Crippen LogP contribution in [0.5, 0.6) is 0 Å². The van der Waals surface area contributed by atoms with Crippen LogP contribution in [0.2, 0.25) is 0 Å². The van der Waals surface area contributed by atoms with Crippen LogP contribution in [0, 0.1) is 11.3 Å². The number of hydrogen-bond acceptors (Lipinski definition) is 3. The molecular weight excluding hydrogens is 224 g/mol. The summed E-state index contributed by atoms with van der Waals surface area (Å²) in [6.07, 6.45) is 5.91. The van der Waals surface area contributed by atoms with Crippen molar-refractivity contribution in [3.8, 4) is 0 Å². The van der Waals surface area contributed by atoms with E-state index in [0.29, 0.717) is 5.92 Å². The first kappa shape index (κ1) is 11.9. The minimum atomic E-state index is -0.000195. The van der Waals surface area contributed by atoms with Gasteiger partial charge in [0.05, 0.1) is 6.20 Å². The molecule has 0 saturated heterocycles. The standard InChI is InChI=1S/C11H19ClN4/c1-10(2)9(4-5-11(10,3)14-12)8-16-7-6-13-15-16/h6-7,9,14H,4-5,8H2,1-3H3/t9-,11-/m1/s1. The van der Waals surface area contributed by atoms with Crippen molar-refractivity contribution in [1.82, 2.24) is 19.8 Å². The zero-order valence-corrected chi connectivity index (χ0v) is 10.8. The summed E-state index contributed by atoms with van der Waals surface area (Å²) in [6, 6.07) is 0. The van der Waals surface area contributed by atoms with Gasteiger partial charge in [-0.1, -0.05) is 19.1 Å². The van der Waals surface area contributed by atoms with Gasteiger partial charge in [0.25, 0.3) is 0 Å². The lowest BCUT2D eigenvalue weighted by atomic mass is 9.72. The van der Waals surface area contributed by atoms with Crippen LogP contribution < -0.4 is 4.84 Å². The van der Waals surface area contributed by atoms with Crippen molar-refractivity contribution in [1.29, 1.82) is 0 Å². The van der Waals surface area contributed by atoms with Gasteiger partial charge in [-0.15, -0.1) is 5.10 Å². The van der Waals surface area contributed by atoms with Crippen LogP contribution in [-0.4, -0.2) is 20.5 Å². The number of rotatable bonds is 3. The Labute approximate surface area is 101 Å². The Morgan fingerprint density at radius 3 is 2.75 bits per heavy atom. The van der Waals surface area contributed by atoms with Gasteiger partial charge in [0.2, 0.25) is 0 Å². The van der Waals surface area contributed by atoms with E-state index in [1.807, 2.05) is 10.9 Å². The van der Waals surface area contributed by atoms with Crippen molar-refractivity contribution in [3.63, 3.8) is 0 Å². The van der Waals surface area contributed by atoms with Crippen LogP contribution in [0.15, 0.2) is 12.4 Å². The van der Waals surface area contributed by atoms with Crippen molar-refractivity contribution in [2.24, 2.45) is 11.3 Å². The van der Waals surface area contributed by atoms with Gasteiger partial charge >= 0.3 is 0 Å². The number of hydrogen-bond donors (Lipinski definition) is 1. The van der Waals surface area contributed by atoms with Crippen LogP contribution in [0.25, 0.3) is 0 Å². The lowest BCUT2D eigenvalue weighted by Gasteiger charge is -2.40. The molecule has 1 fully saturated rings. The Morgan fingerprint density at radius 1 is 1.50 bits per heavy atom. The topological polar surface area (TPSA) is 42.7 Å². The fraction of sp³-hybridized carbons (Fsp3) is 0.818. The molecule has 0 aromatic carbocycles. The van der Waals surface area contributed by atoms with E-state index >= 15 is 0 Å². The average Bonchev–Trinajstić information content (AvgIpc) is 2.81. The Hall–Kier alpha value is -0.610. The third kappa shape index (κ3) is 1.74. The number of nitrogens with one attached hydrogen (secondary N) is 1. The largest absolute Gasteiger partial charge is 0.252 e. The van der Waals surface area contributed by atoms with Crippen molar-refractivity contribution >= 4 is 11.8 Å². The predicted octanol–water partition coefficient (Wildman–Crippen LogP) is 2.22.